The van der Waals surface area contributed by atoms with Gasteiger partial charge in [0.15, 0.2) is 5.96 Å². The Hall–Kier alpha value is -0.970. The van der Waals surface area contributed by atoms with Gasteiger partial charge in [-0.25, -0.2) is 0 Å². The molecule has 0 spiro atoms. The van der Waals surface area contributed by atoms with Crippen molar-refractivity contribution in [3.8, 4) is 12.3 Å². The number of carbonyl (C=O) groups excluding carboxylic acids is 1. The van der Waals surface area contributed by atoms with Crippen molar-refractivity contribution in [2.75, 3.05) is 33.7 Å². The first kappa shape index (κ1) is 20.0. The second-order valence-electron chi connectivity index (χ2n) is 5.44. The summed E-state index contributed by atoms with van der Waals surface area (Å²) in [6, 6.07) is 0. The number of halogens is 1. The van der Waals surface area contributed by atoms with E-state index in [-0.39, 0.29) is 35.3 Å². The number of hydrogen-bond donors (Lipinski definition) is 2. The van der Waals surface area contributed by atoms with Crippen molar-refractivity contribution in [2.24, 2.45) is 10.4 Å². The molecule has 1 saturated carbocycles. The molecule has 1 aliphatic carbocycles. The van der Waals surface area contributed by atoms with Gasteiger partial charge in [-0.05, 0) is 19.8 Å². The van der Waals surface area contributed by atoms with Crippen LogP contribution in [0, 0.1) is 17.8 Å². The predicted molar refractivity (Wildman–Crippen MR) is 97.8 cm³/mol. The number of guanidine groups is 1. The van der Waals surface area contributed by atoms with E-state index in [9.17, 15) is 4.79 Å². The Morgan fingerprint density at radius 3 is 2.43 bits per heavy atom. The van der Waals surface area contributed by atoms with Crippen molar-refractivity contribution in [2.45, 2.75) is 32.6 Å². The lowest BCUT2D eigenvalue weighted by molar-refractivity contribution is -0.138. The standard InChI is InChI=1S/C15H26N4O.HI/c1-5-11-17-14(16-6-2)18-12-15(9-7-8-10-15)13(20)19(3)4;/h1H,6-12H2,2-4H3,(H2,16,17,18);1H. The zero-order valence-electron chi connectivity index (χ0n) is 13.2. The summed E-state index contributed by atoms with van der Waals surface area (Å²) in [4.78, 5) is 18.7. The van der Waals surface area contributed by atoms with Gasteiger partial charge < -0.3 is 15.5 Å². The Bertz CT molecular complexity index is 395. The topological polar surface area (TPSA) is 56.7 Å². The first-order chi connectivity index (χ1) is 9.55. The zero-order chi connectivity index (χ0) is 15.0. The third-order valence-electron chi connectivity index (χ3n) is 3.66. The number of hydrogen-bond acceptors (Lipinski definition) is 2. The van der Waals surface area contributed by atoms with Crippen molar-refractivity contribution in [3.63, 3.8) is 0 Å². The summed E-state index contributed by atoms with van der Waals surface area (Å²) in [5, 5.41) is 6.20. The molecule has 120 valence electrons. The number of nitrogens with zero attached hydrogens (tertiary/aromatic N) is 2. The minimum Gasteiger partial charge on any atom is -0.357 e. The molecular formula is C15H27IN4O. The number of rotatable bonds is 5. The lowest BCUT2D eigenvalue weighted by atomic mass is 9.85. The molecule has 2 N–H and O–H groups in total. The average Bonchev–Trinajstić information content (AvgIpc) is 2.91. The van der Waals surface area contributed by atoms with Gasteiger partial charge in [-0.2, -0.15) is 0 Å². The molecular weight excluding hydrogens is 379 g/mol. The van der Waals surface area contributed by atoms with Crippen molar-refractivity contribution in [3.05, 3.63) is 0 Å². The normalized spacial score (nSPS) is 16.6. The van der Waals surface area contributed by atoms with Gasteiger partial charge >= 0.3 is 0 Å². The van der Waals surface area contributed by atoms with Gasteiger partial charge in [0.2, 0.25) is 5.91 Å². The van der Waals surface area contributed by atoms with Crippen LogP contribution in [0.2, 0.25) is 0 Å². The fraction of sp³-hybridized carbons (Fsp3) is 0.733. The summed E-state index contributed by atoms with van der Waals surface area (Å²) in [5.41, 5.74) is -0.331. The molecule has 5 nitrogen and oxygen atoms in total. The largest absolute Gasteiger partial charge is 0.357 e. The van der Waals surface area contributed by atoms with Gasteiger partial charge in [-0.15, -0.1) is 30.4 Å². The molecule has 0 aromatic carbocycles. The smallest absolute Gasteiger partial charge is 0.230 e. The molecule has 0 aromatic rings. The second kappa shape index (κ2) is 9.87. The van der Waals surface area contributed by atoms with E-state index >= 15 is 0 Å². The van der Waals surface area contributed by atoms with Crippen LogP contribution in [0.1, 0.15) is 32.6 Å². The third kappa shape index (κ3) is 5.73. The molecule has 0 bridgehead atoms. The molecule has 0 unspecified atom stereocenters. The van der Waals surface area contributed by atoms with Gasteiger partial charge in [0.1, 0.15) is 0 Å². The van der Waals surface area contributed by atoms with Gasteiger partial charge in [0.25, 0.3) is 0 Å². The maximum atomic E-state index is 12.4. The van der Waals surface area contributed by atoms with Crippen LogP contribution in [0.4, 0.5) is 0 Å². The van der Waals surface area contributed by atoms with Gasteiger partial charge in [-0.1, -0.05) is 18.8 Å². The summed E-state index contributed by atoms with van der Waals surface area (Å²) in [6.45, 7) is 3.72. The van der Waals surface area contributed by atoms with Crippen molar-refractivity contribution >= 4 is 35.8 Å². The second-order valence-corrected chi connectivity index (χ2v) is 5.44. The molecule has 0 saturated heterocycles. The summed E-state index contributed by atoms with van der Waals surface area (Å²) in [7, 11) is 3.63. The van der Waals surface area contributed by atoms with E-state index in [0.717, 1.165) is 32.2 Å². The molecule has 0 heterocycles. The highest BCUT2D eigenvalue weighted by Gasteiger charge is 2.41. The fourth-order valence-corrected chi connectivity index (χ4v) is 2.67. The first-order valence-corrected chi connectivity index (χ1v) is 7.23. The Morgan fingerprint density at radius 1 is 1.33 bits per heavy atom. The minimum absolute atomic E-state index is 0. The maximum Gasteiger partial charge on any atom is 0.230 e. The lowest BCUT2D eigenvalue weighted by Crippen LogP contribution is -2.43. The van der Waals surface area contributed by atoms with E-state index in [4.69, 9.17) is 6.42 Å². The van der Waals surface area contributed by atoms with E-state index in [1.165, 1.54) is 0 Å². The average molecular weight is 406 g/mol. The number of terminal acetylenes is 1. The van der Waals surface area contributed by atoms with Crippen LogP contribution in [0.15, 0.2) is 4.99 Å². The highest BCUT2D eigenvalue weighted by Crippen LogP contribution is 2.39. The summed E-state index contributed by atoms with van der Waals surface area (Å²) < 4.78 is 0. The molecule has 0 aliphatic heterocycles. The number of carbonyl (C=O) groups is 1. The Morgan fingerprint density at radius 2 is 1.95 bits per heavy atom. The zero-order valence-corrected chi connectivity index (χ0v) is 15.6. The summed E-state index contributed by atoms with van der Waals surface area (Å²) in [6.07, 6.45) is 9.29. The molecule has 1 aliphatic rings. The molecule has 6 heteroatoms. The SMILES string of the molecule is C#CCNC(=NCC1(C(=O)N(C)C)CCCC1)NCC.I. The summed E-state index contributed by atoms with van der Waals surface area (Å²) >= 11 is 0. The quantitative estimate of drug-likeness (QED) is 0.315. The van der Waals surface area contributed by atoms with Crippen LogP contribution < -0.4 is 10.6 Å². The Balaban J connectivity index is 0.00000400. The molecule has 0 aromatic heterocycles. The van der Waals surface area contributed by atoms with E-state index < -0.39 is 0 Å². The third-order valence-corrected chi connectivity index (χ3v) is 3.66. The van der Waals surface area contributed by atoms with Crippen LogP contribution in [0.3, 0.4) is 0 Å². The Kier molecular flexibility index (Phi) is 9.42. The van der Waals surface area contributed by atoms with E-state index in [1.807, 2.05) is 21.0 Å². The van der Waals surface area contributed by atoms with E-state index in [1.54, 1.807) is 4.90 Å². The first-order valence-electron chi connectivity index (χ1n) is 7.23. The maximum absolute atomic E-state index is 12.4. The van der Waals surface area contributed by atoms with Crippen LogP contribution in [0.5, 0.6) is 0 Å². The van der Waals surface area contributed by atoms with Crippen molar-refractivity contribution in [1.82, 2.24) is 15.5 Å². The monoisotopic (exact) mass is 406 g/mol. The molecule has 0 radical (unpaired) electrons. The molecule has 1 fully saturated rings. The van der Waals surface area contributed by atoms with E-state index in [2.05, 4.69) is 21.5 Å². The van der Waals surface area contributed by atoms with Crippen LogP contribution in [0.25, 0.3) is 0 Å². The molecule has 1 amide bonds. The van der Waals surface area contributed by atoms with Crippen molar-refractivity contribution in [1.29, 1.82) is 0 Å². The van der Waals surface area contributed by atoms with Crippen LogP contribution >= 0.6 is 24.0 Å². The summed E-state index contributed by atoms with van der Waals surface area (Å²) in [5.74, 6) is 3.40. The molecule has 21 heavy (non-hydrogen) atoms. The highest BCUT2D eigenvalue weighted by molar-refractivity contribution is 14.0. The number of aliphatic imine (C=N–C) groups is 1. The van der Waals surface area contributed by atoms with Crippen molar-refractivity contribution < 1.29 is 4.79 Å². The molecule has 1 rings (SSSR count). The lowest BCUT2D eigenvalue weighted by Gasteiger charge is -2.29. The van der Waals surface area contributed by atoms with E-state index in [0.29, 0.717) is 19.0 Å². The minimum atomic E-state index is -0.331. The number of amides is 1. The van der Waals surface area contributed by atoms with Gasteiger partial charge in [-0.3, -0.25) is 9.79 Å². The predicted octanol–water partition coefficient (Wildman–Crippen LogP) is 1.44. The highest BCUT2D eigenvalue weighted by atomic mass is 127. The van der Waals surface area contributed by atoms with Gasteiger partial charge in [0.05, 0.1) is 18.5 Å². The molecule has 0 atom stereocenters. The van der Waals surface area contributed by atoms with Crippen LogP contribution in [-0.4, -0.2) is 50.5 Å². The van der Waals surface area contributed by atoms with Crippen LogP contribution in [-0.2, 0) is 4.79 Å². The Labute approximate surface area is 145 Å². The fourth-order valence-electron chi connectivity index (χ4n) is 2.67. The number of nitrogens with one attached hydrogen (secondary N) is 2. The van der Waals surface area contributed by atoms with Gasteiger partial charge in [0, 0.05) is 20.6 Å².